The minimum Gasteiger partial charge on any atom is -0.402 e. The molecule has 0 bridgehead atoms. The SMILES string of the molecule is C/C=C\C(CCC)=C(\N)CC. The molecule has 0 aliphatic heterocycles. The Morgan fingerprint density at radius 2 is 2.00 bits per heavy atom. The molecule has 2 N–H and O–H groups in total. The molecular formula is C10H19N. The maximum Gasteiger partial charge on any atom is 0.0110 e. The van der Waals surface area contributed by atoms with Crippen LogP contribution in [-0.4, -0.2) is 0 Å². The quantitative estimate of drug-likeness (QED) is 0.617. The van der Waals surface area contributed by atoms with Crippen LogP contribution in [0.5, 0.6) is 0 Å². The Morgan fingerprint density at radius 1 is 1.36 bits per heavy atom. The third-order valence-electron chi connectivity index (χ3n) is 1.68. The largest absolute Gasteiger partial charge is 0.402 e. The van der Waals surface area contributed by atoms with Gasteiger partial charge in [0.05, 0.1) is 0 Å². The van der Waals surface area contributed by atoms with Gasteiger partial charge in [0.2, 0.25) is 0 Å². The van der Waals surface area contributed by atoms with Gasteiger partial charge in [0.25, 0.3) is 0 Å². The van der Waals surface area contributed by atoms with Crippen LogP contribution >= 0.6 is 0 Å². The maximum absolute atomic E-state index is 5.82. The fraction of sp³-hybridized carbons (Fsp3) is 0.600. The van der Waals surface area contributed by atoms with Crippen LogP contribution in [-0.2, 0) is 0 Å². The molecule has 0 atom stereocenters. The summed E-state index contributed by atoms with van der Waals surface area (Å²) in [5.74, 6) is 0. The van der Waals surface area contributed by atoms with Crippen molar-refractivity contribution in [2.45, 2.75) is 40.0 Å². The Morgan fingerprint density at radius 3 is 2.36 bits per heavy atom. The highest BCUT2D eigenvalue weighted by Crippen LogP contribution is 2.11. The van der Waals surface area contributed by atoms with Crippen LogP contribution in [0.4, 0.5) is 0 Å². The van der Waals surface area contributed by atoms with Crippen molar-refractivity contribution in [2.24, 2.45) is 5.73 Å². The smallest absolute Gasteiger partial charge is 0.0110 e. The molecule has 64 valence electrons. The van der Waals surface area contributed by atoms with E-state index in [1.54, 1.807) is 0 Å². The average molecular weight is 153 g/mol. The summed E-state index contributed by atoms with van der Waals surface area (Å²) in [5, 5.41) is 0. The molecule has 0 spiro atoms. The van der Waals surface area contributed by atoms with Crippen molar-refractivity contribution < 1.29 is 0 Å². The number of rotatable bonds is 4. The lowest BCUT2D eigenvalue weighted by molar-refractivity contribution is 0.890. The predicted octanol–water partition coefficient (Wildman–Crippen LogP) is 2.99. The molecule has 0 aromatic heterocycles. The Bertz CT molecular complexity index is 154. The first kappa shape index (κ1) is 10.3. The maximum atomic E-state index is 5.82. The predicted molar refractivity (Wildman–Crippen MR) is 51.2 cm³/mol. The Kier molecular flexibility index (Phi) is 5.63. The molecule has 0 radical (unpaired) electrons. The van der Waals surface area contributed by atoms with E-state index in [9.17, 15) is 0 Å². The Hall–Kier alpha value is -0.720. The third kappa shape index (κ3) is 3.87. The van der Waals surface area contributed by atoms with Gasteiger partial charge >= 0.3 is 0 Å². The molecule has 1 heteroatoms. The summed E-state index contributed by atoms with van der Waals surface area (Å²) >= 11 is 0. The summed E-state index contributed by atoms with van der Waals surface area (Å²) in [6.45, 7) is 6.29. The van der Waals surface area contributed by atoms with Gasteiger partial charge in [-0.2, -0.15) is 0 Å². The van der Waals surface area contributed by atoms with Crippen molar-refractivity contribution in [2.75, 3.05) is 0 Å². The lowest BCUT2D eigenvalue weighted by Crippen LogP contribution is -1.99. The van der Waals surface area contributed by atoms with E-state index in [0.717, 1.165) is 18.5 Å². The molecule has 0 saturated heterocycles. The van der Waals surface area contributed by atoms with Gasteiger partial charge < -0.3 is 5.73 Å². The molecule has 0 rings (SSSR count). The van der Waals surface area contributed by atoms with E-state index in [1.165, 1.54) is 12.0 Å². The van der Waals surface area contributed by atoms with Crippen molar-refractivity contribution >= 4 is 0 Å². The highest BCUT2D eigenvalue weighted by atomic mass is 14.6. The molecule has 0 aromatic carbocycles. The third-order valence-corrected chi connectivity index (χ3v) is 1.68. The van der Waals surface area contributed by atoms with Gasteiger partial charge in [-0.15, -0.1) is 0 Å². The van der Waals surface area contributed by atoms with Crippen molar-refractivity contribution in [1.82, 2.24) is 0 Å². The zero-order chi connectivity index (χ0) is 8.69. The van der Waals surface area contributed by atoms with Gasteiger partial charge in [0, 0.05) is 5.70 Å². The van der Waals surface area contributed by atoms with Crippen LogP contribution in [0, 0.1) is 0 Å². The molecule has 0 aliphatic rings. The van der Waals surface area contributed by atoms with Crippen molar-refractivity contribution in [3.05, 3.63) is 23.4 Å². The molecule has 0 saturated carbocycles. The summed E-state index contributed by atoms with van der Waals surface area (Å²) in [7, 11) is 0. The molecule has 11 heavy (non-hydrogen) atoms. The zero-order valence-corrected chi connectivity index (χ0v) is 7.85. The molecule has 0 amide bonds. The van der Waals surface area contributed by atoms with E-state index in [0.29, 0.717) is 0 Å². The Labute approximate surface area is 70.0 Å². The monoisotopic (exact) mass is 153 g/mol. The average Bonchev–Trinajstić information content (AvgIpc) is 2.03. The van der Waals surface area contributed by atoms with Crippen LogP contribution in [0.3, 0.4) is 0 Å². The van der Waals surface area contributed by atoms with E-state index < -0.39 is 0 Å². The molecule has 0 aliphatic carbocycles. The van der Waals surface area contributed by atoms with Crippen LogP contribution in [0.1, 0.15) is 40.0 Å². The van der Waals surface area contributed by atoms with E-state index >= 15 is 0 Å². The molecule has 0 heterocycles. The van der Waals surface area contributed by atoms with Gasteiger partial charge in [0.15, 0.2) is 0 Å². The minimum atomic E-state index is 0.958. The number of hydrogen-bond acceptors (Lipinski definition) is 1. The van der Waals surface area contributed by atoms with Crippen LogP contribution in [0.2, 0.25) is 0 Å². The first-order valence-electron chi connectivity index (χ1n) is 4.36. The lowest BCUT2D eigenvalue weighted by Gasteiger charge is -2.04. The van der Waals surface area contributed by atoms with E-state index in [2.05, 4.69) is 19.9 Å². The first-order valence-corrected chi connectivity index (χ1v) is 4.36. The second kappa shape index (κ2) is 6.02. The number of nitrogens with two attached hydrogens (primary N) is 1. The second-order valence-corrected chi connectivity index (χ2v) is 2.65. The van der Waals surface area contributed by atoms with Gasteiger partial charge in [-0.3, -0.25) is 0 Å². The summed E-state index contributed by atoms with van der Waals surface area (Å²) in [5.41, 5.74) is 8.15. The molecule has 0 aromatic rings. The van der Waals surface area contributed by atoms with E-state index in [4.69, 9.17) is 5.73 Å². The topological polar surface area (TPSA) is 26.0 Å². The van der Waals surface area contributed by atoms with Crippen LogP contribution < -0.4 is 5.73 Å². The zero-order valence-electron chi connectivity index (χ0n) is 7.85. The lowest BCUT2D eigenvalue weighted by atomic mass is 10.1. The normalized spacial score (nSPS) is 13.7. The summed E-state index contributed by atoms with van der Waals surface area (Å²) in [6.07, 6.45) is 7.39. The molecule has 0 fully saturated rings. The Balaban J connectivity index is 4.30. The van der Waals surface area contributed by atoms with Crippen molar-refractivity contribution in [3.8, 4) is 0 Å². The van der Waals surface area contributed by atoms with Gasteiger partial charge in [-0.25, -0.2) is 0 Å². The highest BCUT2D eigenvalue weighted by Gasteiger charge is 1.95. The molecule has 1 nitrogen and oxygen atoms in total. The number of hydrogen-bond donors (Lipinski definition) is 1. The molecular weight excluding hydrogens is 134 g/mol. The second-order valence-electron chi connectivity index (χ2n) is 2.65. The minimum absolute atomic E-state index is 0.958. The summed E-state index contributed by atoms with van der Waals surface area (Å²) < 4.78 is 0. The molecule has 0 unspecified atom stereocenters. The highest BCUT2D eigenvalue weighted by molar-refractivity contribution is 5.23. The van der Waals surface area contributed by atoms with E-state index in [1.807, 2.05) is 13.0 Å². The fourth-order valence-electron chi connectivity index (χ4n) is 1.05. The standard InChI is InChI=1S/C10H19N/c1-4-7-9(8-5-2)10(11)6-3/h4,7H,5-6,8,11H2,1-3H3/b7-4-,10-9-. The summed E-state index contributed by atoms with van der Waals surface area (Å²) in [4.78, 5) is 0. The fourth-order valence-corrected chi connectivity index (χ4v) is 1.05. The van der Waals surface area contributed by atoms with E-state index in [-0.39, 0.29) is 0 Å². The number of allylic oxidation sites excluding steroid dienone is 4. The van der Waals surface area contributed by atoms with Crippen LogP contribution in [0.25, 0.3) is 0 Å². The van der Waals surface area contributed by atoms with Crippen molar-refractivity contribution in [3.63, 3.8) is 0 Å². The van der Waals surface area contributed by atoms with Crippen molar-refractivity contribution in [1.29, 1.82) is 0 Å². The van der Waals surface area contributed by atoms with Gasteiger partial charge in [-0.05, 0) is 25.3 Å². The van der Waals surface area contributed by atoms with Gasteiger partial charge in [-0.1, -0.05) is 32.4 Å². The van der Waals surface area contributed by atoms with Gasteiger partial charge in [0.1, 0.15) is 0 Å². The van der Waals surface area contributed by atoms with Crippen LogP contribution in [0.15, 0.2) is 23.4 Å². The summed E-state index contributed by atoms with van der Waals surface area (Å²) in [6, 6.07) is 0. The first-order chi connectivity index (χ1) is 5.26.